The first-order valence-corrected chi connectivity index (χ1v) is 15.5. The molecule has 5 N–H and O–H groups in total. The minimum Gasteiger partial charge on any atom is -0.460 e. The molecule has 10 atom stereocenters. The zero-order valence-electron chi connectivity index (χ0n) is 26.4. The van der Waals surface area contributed by atoms with Crippen molar-refractivity contribution in [3.8, 4) is 0 Å². The lowest BCUT2D eigenvalue weighted by Crippen LogP contribution is -2.45. The fourth-order valence-corrected chi connectivity index (χ4v) is 5.53. The zero-order valence-corrected chi connectivity index (χ0v) is 27.3. The first-order valence-electron chi connectivity index (χ1n) is 15.1. The first-order chi connectivity index (χ1) is 19.5. The van der Waals surface area contributed by atoms with Gasteiger partial charge in [0.1, 0.15) is 17.8 Å². The van der Waals surface area contributed by atoms with Gasteiger partial charge in [-0.15, -0.1) is 0 Å². The molecule has 10 heteroatoms. The average molecular weight is 612 g/mol. The Labute approximate surface area is 257 Å². The molecule has 0 saturated carbocycles. The summed E-state index contributed by atoms with van der Waals surface area (Å²) in [5.74, 6) is -0.843. The van der Waals surface area contributed by atoms with Gasteiger partial charge in [-0.05, 0) is 77.7 Å². The minimum atomic E-state index is -1.35. The summed E-state index contributed by atoms with van der Waals surface area (Å²) in [7, 11) is 0. The number of aliphatic hydroxyl groups is 4. The molecule has 0 aromatic rings. The van der Waals surface area contributed by atoms with E-state index in [-0.39, 0.29) is 54.5 Å². The van der Waals surface area contributed by atoms with Crippen molar-refractivity contribution in [2.75, 3.05) is 0 Å². The van der Waals surface area contributed by atoms with Crippen LogP contribution in [0, 0.1) is 11.8 Å². The number of carbonyl (C=O) groups excluding carboxylic acids is 1. The summed E-state index contributed by atoms with van der Waals surface area (Å²) in [6, 6.07) is 0.0552. The quantitative estimate of drug-likeness (QED) is 0.0813. The van der Waals surface area contributed by atoms with Crippen LogP contribution in [0.4, 0.5) is 0 Å². The summed E-state index contributed by atoms with van der Waals surface area (Å²) in [5, 5.41) is 46.0. The number of epoxide rings is 1. The van der Waals surface area contributed by atoms with Crippen LogP contribution in [0.5, 0.6) is 0 Å². The Balaban J connectivity index is 2.21. The highest BCUT2D eigenvalue weighted by atomic mass is 32.1. The lowest BCUT2D eigenvalue weighted by molar-refractivity contribution is -0.151. The molecule has 0 bridgehead atoms. The highest BCUT2D eigenvalue weighted by molar-refractivity contribution is 7.80. The molecule has 0 radical (unpaired) electrons. The maximum Gasteiger partial charge on any atom is 0.309 e. The lowest BCUT2D eigenvalue weighted by Gasteiger charge is -2.33. The van der Waals surface area contributed by atoms with E-state index in [2.05, 4.69) is 5.32 Å². The van der Waals surface area contributed by atoms with E-state index in [0.717, 1.165) is 5.57 Å². The van der Waals surface area contributed by atoms with Crippen molar-refractivity contribution < 1.29 is 39.4 Å². The molecule has 2 heterocycles. The number of thiocarbonyl (C=S) groups is 1. The Hall–Kier alpha value is -1.82. The van der Waals surface area contributed by atoms with E-state index in [4.69, 9.17) is 26.4 Å². The van der Waals surface area contributed by atoms with Crippen molar-refractivity contribution in [1.29, 1.82) is 0 Å². The number of aliphatic hydroxyl groups excluding tert-OH is 2. The smallest absolute Gasteiger partial charge is 0.309 e. The fourth-order valence-electron chi connectivity index (χ4n) is 5.19. The number of esters is 1. The molecule has 0 spiro atoms. The molecule has 9 nitrogen and oxygen atoms in total. The van der Waals surface area contributed by atoms with Crippen LogP contribution in [0.3, 0.4) is 0 Å². The van der Waals surface area contributed by atoms with Crippen LogP contribution in [-0.2, 0) is 19.0 Å². The second kappa shape index (κ2) is 15.8. The summed E-state index contributed by atoms with van der Waals surface area (Å²) < 4.78 is 17.5. The highest BCUT2D eigenvalue weighted by Gasteiger charge is 2.47. The minimum absolute atomic E-state index is 0.00139. The van der Waals surface area contributed by atoms with Crippen LogP contribution in [0.1, 0.15) is 87.5 Å². The maximum absolute atomic E-state index is 12.7. The maximum atomic E-state index is 12.7. The number of rotatable bonds is 10. The summed E-state index contributed by atoms with van der Waals surface area (Å²) >= 11 is 5.32. The Bertz CT molecular complexity index is 991. The zero-order chi connectivity index (χ0) is 31.8. The summed E-state index contributed by atoms with van der Waals surface area (Å²) in [6.07, 6.45) is 6.92. The molecule has 0 aromatic heterocycles. The molecule has 0 aromatic carbocycles. The fraction of sp³-hybridized carbons (Fsp3) is 0.750. The molecular formula is C32H53NO8S. The summed E-state index contributed by atoms with van der Waals surface area (Å²) in [6.45, 7) is 14.8. The van der Waals surface area contributed by atoms with Crippen molar-refractivity contribution >= 4 is 23.4 Å². The third-order valence-electron chi connectivity index (χ3n) is 8.01. The van der Waals surface area contributed by atoms with E-state index in [1.54, 1.807) is 38.2 Å². The van der Waals surface area contributed by atoms with Gasteiger partial charge in [0, 0.05) is 24.3 Å². The van der Waals surface area contributed by atoms with E-state index in [1.807, 2.05) is 47.6 Å². The molecule has 0 aliphatic carbocycles. The number of hydrogen-bond acceptors (Lipinski definition) is 9. The van der Waals surface area contributed by atoms with Crippen LogP contribution >= 0.6 is 12.2 Å². The highest BCUT2D eigenvalue weighted by Crippen LogP contribution is 2.37. The van der Waals surface area contributed by atoms with Gasteiger partial charge in [0.25, 0.3) is 5.17 Å². The van der Waals surface area contributed by atoms with Gasteiger partial charge >= 0.3 is 5.97 Å². The van der Waals surface area contributed by atoms with E-state index >= 15 is 0 Å². The van der Waals surface area contributed by atoms with E-state index in [1.165, 1.54) is 0 Å². The number of hydrogen-bond donors (Lipinski definition) is 5. The Morgan fingerprint density at radius 1 is 1.33 bits per heavy atom. The van der Waals surface area contributed by atoms with E-state index < -0.39 is 41.6 Å². The third kappa shape index (κ3) is 11.7. The number of allylic oxidation sites excluding steroid dienone is 2. The van der Waals surface area contributed by atoms with Gasteiger partial charge in [0.2, 0.25) is 0 Å². The lowest BCUT2D eigenvalue weighted by atomic mass is 9.88. The third-order valence-corrected chi connectivity index (χ3v) is 8.22. The monoisotopic (exact) mass is 611 g/mol. The summed E-state index contributed by atoms with van der Waals surface area (Å²) in [4.78, 5) is 12.7. The number of nitrogens with one attached hydrogen (secondary N) is 1. The molecule has 2 rings (SSSR count). The van der Waals surface area contributed by atoms with Crippen LogP contribution in [-0.4, -0.2) is 85.4 Å². The van der Waals surface area contributed by atoms with Crippen molar-refractivity contribution in [2.45, 2.75) is 141 Å². The number of cyclic esters (lactones) is 1. The topological polar surface area (TPSA) is 141 Å². The first kappa shape index (κ1) is 36.4. The van der Waals surface area contributed by atoms with Gasteiger partial charge in [-0.2, -0.15) is 0 Å². The molecule has 42 heavy (non-hydrogen) atoms. The predicted octanol–water partition coefficient (Wildman–Crippen LogP) is 3.87. The van der Waals surface area contributed by atoms with Gasteiger partial charge in [-0.3, -0.25) is 4.79 Å². The molecular weight excluding hydrogens is 558 g/mol. The molecule has 1 fully saturated rings. The molecule has 240 valence electrons. The van der Waals surface area contributed by atoms with Gasteiger partial charge in [-0.1, -0.05) is 45.1 Å². The Morgan fingerprint density at radius 2 is 2.00 bits per heavy atom. The predicted molar refractivity (Wildman–Crippen MR) is 167 cm³/mol. The van der Waals surface area contributed by atoms with Crippen LogP contribution in [0.25, 0.3) is 0 Å². The van der Waals surface area contributed by atoms with Crippen LogP contribution < -0.4 is 5.32 Å². The van der Waals surface area contributed by atoms with Gasteiger partial charge in [0.15, 0.2) is 0 Å². The molecule has 10 unspecified atom stereocenters. The van der Waals surface area contributed by atoms with Crippen molar-refractivity contribution in [3.63, 3.8) is 0 Å². The van der Waals surface area contributed by atoms with Crippen molar-refractivity contribution in [2.24, 2.45) is 11.8 Å². The largest absolute Gasteiger partial charge is 0.460 e. The Kier molecular flexibility index (Phi) is 13.7. The van der Waals surface area contributed by atoms with Gasteiger partial charge in [-0.25, -0.2) is 0 Å². The SMILES string of the molecule is CCC(O)C(C)C1OC1CC(C)(O)/C=C/C=C(\C)C1OC(=O)CC(O)CCC(C)(O)C(OC(=S)NC(C)C)/C=C/C1C. The molecule has 1 saturated heterocycles. The molecule has 0 amide bonds. The Morgan fingerprint density at radius 3 is 2.62 bits per heavy atom. The average Bonchev–Trinajstić information content (AvgIpc) is 3.64. The van der Waals surface area contributed by atoms with E-state index in [9.17, 15) is 25.2 Å². The van der Waals surface area contributed by atoms with Crippen molar-refractivity contribution in [1.82, 2.24) is 5.32 Å². The summed E-state index contributed by atoms with van der Waals surface area (Å²) in [5.41, 5.74) is -1.75. The normalized spacial score (nSPS) is 34.9. The second-order valence-electron chi connectivity index (χ2n) is 12.8. The molecule has 2 aliphatic heterocycles. The van der Waals surface area contributed by atoms with Crippen LogP contribution in [0.15, 0.2) is 36.0 Å². The van der Waals surface area contributed by atoms with Crippen LogP contribution in [0.2, 0.25) is 0 Å². The standard InChI is InChI=1S/C32H53NO8S/c1-9-24(35)22(6)29-25(39-29)18-31(7,37)15-10-11-20(4)28-21(5)12-13-26(40-30(42)33-19(2)3)32(8,38)16-14-23(34)17-27(36)41-28/h10-13,15,19,21-26,28-29,34-35,37-38H,9,14,16-18H2,1-8H3,(H,33,42)/b13-12+,15-10+,20-11+. The van der Waals surface area contributed by atoms with Gasteiger partial charge < -0.3 is 40.0 Å². The molecule has 2 aliphatic rings. The number of carbonyl (C=O) groups is 1. The van der Waals surface area contributed by atoms with E-state index in [0.29, 0.717) is 12.8 Å². The second-order valence-corrected chi connectivity index (χ2v) is 13.2. The van der Waals surface area contributed by atoms with Gasteiger partial charge in [0.05, 0.1) is 36.4 Å². The van der Waals surface area contributed by atoms with Crippen molar-refractivity contribution in [3.05, 3.63) is 36.0 Å². The number of ether oxygens (including phenoxy) is 3.